The van der Waals surface area contributed by atoms with Crippen LogP contribution in [0.15, 0.2) is 30.3 Å². The largest absolute Gasteiger partial charge is 0.415 e. The zero-order valence-electron chi connectivity index (χ0n) is 10.7. The Labute approximate surface area is 107 Å². The Kier molecular flexibility index (Phi) is 5.17. The zero-order chi connectivity index (χ0) is 13.5. The second-order valence-electron chi connectivity index (χ2n) is 4.08. The molecule has 0 fully saturated rings. The van der Waals surface area contributed by atoms with Gasteiger partial charge in [0.1, 0.15) is 5.75 Å². The van der Waals surface area contributed by atoms with Crippen molar-refractivity contribution in [2.45, 2.75) is 13.8 Å². The third kappa shape index (κ3) is 4.08. The van der Waals surface area contributed by atoms with E-state index in [2.05, 4.69) is 0 Å². The molecule has 5 heteroatoms. The summed E-state index contributed by atoms with van der Waals surface area (Å²) in [6, 6.07) is 8.90. The van der Waals surface area contributed by atoms with Crippen molar-refractivity contribution in [3.05, 3.63) is 30.3 Å². The lowest BCUT2D eigenvalue weighted by Gasteiger charge is -2.23. The van der Waals surface area contributed by atoms with Gasteiger partial charge in [0.25, 0.3) is 0 Å². The predicted molar refractivity (Wildman–Crippen MR) is 70.8 cm³/mol. The molecule has 5 nitrogen and oxygen atoms in total. The Morgan fingerprint density at radius 2 is 2.06 bits per heavy atom. The number of rotatable bonds is 5. The molecule has 0 bridgehead atoms. The molecule has 1 atom stereocenters. The standard InChI is InChI=1S/C13H19N3O2/c1-3-16(9-10(2)12(14)15)13(17)18-11-7-5-4-6-8-11/h4-8,10H,3,9H2,1-2H3,(H3,14,15). The summed E-state index contributed by atoms with van der Waals surface area (Å²) >= 11 is 0. The number of amides is 1. The number of amidine groups is 1. The van der Waals surface area contributed by atoms with Crippen LogP contribution in [0.2, 0.25) is 0 Å². The molecule has 3 N–H and O–H groups in total. The number of nitrogens with one attached hydrogen (secondary N) is 1. The molecular formula is C13H19N3O2. The van der Waals surface area contributed by atoms with E-state index in [4.69, 9.17) is 15.9 Å². The molecule has 1 unspecified atom stereocenters. The van der Waals surface area contributed by atoms with Crippen LogP contribution in [0.4, 0.5) is 4.79 Å². The first-order valence-corrected chi connectivity index (χ1v) is 5.90. The van der Waals surface area contributed by atoms with Crippen molar-refractivity contribution in [2.24, 2.45) is 11.7 Å². The molecule has 0 saturated carbocycles. The second kappa shape index (κ2) is 6.64. The monoisotopic (exact) mass is 249 g/mol. The highest BCUT2D eigenvalue weighted by Crippen LogP contribution is 2.11. The average Bonchev–Trinajstić information content (AvgIpc) is 2.36. The molecule has 18 heavy (non-hydrogen) atoms. The molecule has 98 valence electrons. The van der Waals surface area contributed by atoms with Gasteiger partial charge in [-0.3, -0.25) is 5.41 Å². The Bertz CT molecular complexity index is 406. The van der Waals surface area contributed by atoms with Crippen LogP contribution < -0.4 is 10.5 Å². The van der Waals surface area contributed by atoms with Crippen molar-refractivity contribution in [2.75, 3.05) is 13.1 Å². The first-order valence-electron chi connectivity index (χ1n) is 5.90. The molecule has 0 heterocycles. The first-order chi connectivity index (χ1) is 8.54. The summed E-state index contributed by atoms with van der Waals surface area (Å²) in [5, 5.41) is 7.33. The van der Waals surface area contributed by atoms with E-state index in [1.807, 2.05) is 13.0 Å². The molecule has 1 aromatic rings. The van der Waals surface area contributed by atoms with Crippen LogP contribution >= 0.6 is 0 Å². The summed E-state index contributed by atoms with van der Waals surface area (Å²) in [6.45, 7) is 4.57. The van der Waals surface area contributed by atoms with Gasteiger partial charge in [0, 0.05) is 19.0 Å². The topological polar surface area (TPSA) is 79.4 Å². The number of benzene rings is 1. The highest BCUT2D eigenvalue weighted by Gasteiger charge is 2.18. The number of nitrogens with zero attached hydrogens (tertiary/aromatic N) is 1. The van der Waals surface area contributed by atoms with Gasteiger partial charge in [-0.15, -0.1) is 0 Å². The van der Waals surface area contributed by atoms with E-state index in [1.54, 1.807) is 31.2 Å². The van der Waals surface area contributed by atoms with Crippen LogP contribution in [0.3, 0.4) is 0 Å². The number of hydrogen-bond donors (Lipinski definition) is 2. The second-order valence-corrected chi connectivity index (χ2v) is 4.08. The third-order valence-electron chi connectivity index (χ3n) is 2.61. The van der Waals surface area contributed by atoms with Gasteiger partial charge in [0.2, 0.25) is 0 Å². The van der Waals surface area contributed by atoms with Crippen LogP contribution in [-0.2, 0) is 0 Å². The lowest BCUT2D eigenvalue weighted by molar-refractivity contribution is 0.152. The first kappa shape index (κ1) is 14.0. The molecule has 0 aliphatic heterocycles. The van der Waals surface area contributed by atoms with Crippen LogP contribution in [0.5, 0.6) is 5.75 Å². The Hall–Kier alpha value is -2.04. The van der Waals surface area contributed by atoms with Crippen LogP contribution in [0.25, 0.3) is 0 Å². The number of carbonyl (C=O) groups excluding carboxylic acids is 1. The minimum atomic E-state index is -0.420. The number of ether oxygens (including phenoxy) is 1. The summed E-state index contributed by atoms with van der Waals surface area (Å²) < 4.78 is 5.22. The van der Waals surface area contributed by atoms with Gasteiger partial charge < -0.3 is 15.4 Å². The quantitative estimate of drug-likeness (QED) is 0.619. The molecule has 0 radical (unpaired) electrons. The van der Waals surface area contributed by atoms with E-state index in [0.717, 1.165) is 0 Å². The van der Waals surface area contributed by atoms with Crippen molar-refractivity contribution >= 4 is 11.9 Å². The maximum Gasteiger partial charge on any atom is 0.415 e. The van der Waals surface area contributed by atoms with Crippen LogP contribution in [0, 0.1) is 11.3 Å². The molecule has 1 amide bonds. The fraction of sp³-hybridized carbons (Fsp3) is 0.385. The van der Waals surface area contributed by atoms with E-state index < -0.39 is 6.09 Å². The van der Waals surface area contributed by atoms with Crippen molar-refractivity contribution in [1.82, 2.24) is 4.90 Å². The zero-order valence-corrected chi connectivity index (χ0v) is 10.7. The van der Waals surface area contributed by atoms with E-state index in [9.17, 15) is 4.79 Å². The van der Waals surface area contributed by atoms with Gasteiger partial charge in [-0.25, -0.2) is 4.79 Å². The Balaban J connectivity index is 2.60. The van der Waals surface area contributed by atoms with E-state index in [-0.39, 0.29) is 11.8 Å². The number of nitrogens with two attached hydrogens (primary N) is 1. The fourth-order valence-corrected chi connectivity index (χ4v) is 1.42. The number of para-hydroxylation sites is 1. The lowest BCUT2D eigenvalue weighted by Crippen LogP contribution is -2.39. The summed E-state index contributed by atoms with van der Waals surface area (Å²) in [5.74, 6) is 0.408. The van der Waals surface area contributed by atoms with Crippen molar-refractivity contribution in [1.29, 1.82) is 5.41 Å². The third-order valence-corrected chi connectivity index (χ3v) is 2.61. The van der Waals surface area contributed by atoms with Gasteiger partial charge >= 0.3 is 6.09 Å². The molecule has 0 aromatic heterocycles. The van der Waals surface area contributed by atoms with Crippen molar-refractivity contribution < 1.29 is 9.53 Å². The van der Waals surface area contributed by atoms with E-state index in [1.165, 1.54) is 4.90 Å². The maximum atomic E-state index is 11.9. The Morgan fingerprint density at radius 1 is 1.44 bits per heavy atom. The summed E-state index contributed by atoms with van der Waals surface area (Å²) in [5.41, 5.74) is 5.40. The molecule has 0 aliphatic rings. The predicted octanol–water partition coefficient (Wildman–Crippen LogP) is 2.08. The highest BCUT2D eigenvalue weighted by atomic mass is 16.6. The molecule has 0 spiro atoms. The van der Waals surface area contributed by atoms with Gasteiger partial charge in [0.05, 0.1) is 5.84 Å². The Morgan fingerprint density at radius 3 is 2.56 bits per heavy atom. The summed E-state index contributed by atoms with van der Waals surface area (Å²) in [6.07, 6.45) is -0.420. The summed E-state index contributed by atoms with van der Waals surface area (Å²) in [7, 11) is 0. The van der Waals surface area contributed by atoms with Crippen LogP contribution in [-0.4, -0.2) is 29.9 Å². The molecule has 1 rings (SSSR count). The number of carbonyl (C=O) groups is 1. The van der Waals surface area contributed by atoms with Crippen molar-refractivity contribution in [3.63, 3.8) is 0 Å². The number of hydrogen-bond acceptors (Lipinski definition) is 3. The average molecular weight is 249 g/mol. The summed E-state index contributed by atoms with van der Waals surface area (Å²) in [4.78, 5) is 13.4. The smallest absolute Gasteiger partial charge is 0.410 e. The van der Waals surface area contributed by atoms with Gasteiger partial charge in [-0.1, -0.05) is 25.1 Å². The van der Waals surface area contributed by atoms with Gasteiger partial charge in [-0.2, -0.15) is 0 Å². The van der Waals surface area contributed by atoms with Gasteiger partial charge in [-0.05, 0) is 19.1 Å². The molecule has 1 aromatic carbocycles. The minimum Gasteiger partial charge on any atom is -0.410 e. The van der Waals surface area contributed by atoms with Crippen molar-refractivity contribution in [3.8, 4) is 5.75 Å². The van der Waals surface area contributed by atoms with E-state index in [0.29, 0.717) is 18.8 Å². The molecule has 0 aliphatic carbocycles. The van der Waals surface area contributed by atoms with Gasteiger partial charge in [0.15, 0.2) is 0 Å². The molecular weight excluding hydrogens is 230 g/mol. The maximum absolute atomic E-state index is 11.9. The SMILES string of the molecule is CCN(CC(C)C(=N)N)C(=O)Oc1ccccc1. The van der Waals surface area contributed by atoms with Crippen LogP contribution in [0.1, 0.15) is 13.8 Å². The molecule has 0 saturated heterocycles. The minimum absolute atomic E-state index is 0.0703. The lowest BCUT2D eigenvalue weighted by atomic mass is 10.1. The normalized spacial score (nSPS) is 11.7. The van der Waals surface area contributed by atoms with E-state index >= 15 is 0 Å². The highest BCUT2D eigenvalue weighted by molar-refractivity contribution is 5.80. The fourth-order valence-electron chi connectivity index (χ4n) is 1.42.